The number of phenolic OH excluding ortho intramolecular Hbond substituents is 1. The first-order valence-electron chi connectivity index (χ1n) is 4.34. The predicted octanol–water partition coefficient (Wildman–Crippen LogP) is 3.16. The Balaban J connectivity index is 3.37. The predicted molar refractivity (Wildman–Crippen MR) is 57.2 cm³/mol. The number of aromatic hydroxyl groups is 1. The van der Waals surface area contributed by atoms with Gasteiger partial charge in [0.1, 0.15) is 5.75 Å². The van der Waals surface area contributed by atoms with E-state index >= 15 is 0 Å². The molecule has 0 amide bonds. The highest BCUT2D eigenvalue weighted by Crippen LogP contribution is 2.32. The Bertz CT molecular complexity index is 364. The van der Waals surface area contributed by atoms with E-state index in [1.54, 1.807) is 12.1 Å². The molecule has 0 spiro atoms. The van der Waals surface area contributed by atoms with E-state index in [9.17, 15) is 9.90 Å². The van der Waals surface area contributed by atoms with Crippen LogP contribution >= 0.6 is 11.6 Å². The van der Waals surface area contributed by atoms with Crippen molar-refractivity contribution in [3.63, 3.8) is 0 Å². The third kappa shape index (κ3) is 2.07. The van der Waals surface area contributed by atoms with Gasteiger partial charge in [0.05, 0.1) is 10.6 Å². The molecule has 14 heavy (non-hydrogen) atoms. The standard InChI is InChI=1S/C11H13ClO2/c1-11(2,3)8-4-7(6-13)10(14)9(12)5-8/h4-6,14H,1-3H3. The molecule has 1 aromatic rings. The van der Waals surface area contributed by atoms with Crippen molar-refractivity contribution >= 4 is 17.9 Å². The molecule has 0 saturated carbocycles. The first kappa shape index (κ1) is 11.1. The summed E-state index contributed by atoms with van der Waals surface area (Å²) in [7, 11) is 0. The van der Waals surface area contributed by atoms with Gasteiger partial charge in [0.25, 0.3) is 0 Å². The lowest BCUT2D eigenvalue weighted by atomic mass is 9.86. The summed E-state index contributed by atoms with van der Waals surface area (Å²) in [5.74, 6) is -0.144. The zero-order valence-corrected chi connectivity index (χ0v) is 9.22. The van der Waals surface area contributed by atoms with Crippen LogP contribution in [-0.2, 0) is 5.41 Å². The van der Waals surface area contributed by atoms with Crippen molar-refractivity contribution < 1.29 is 9.90 Å². The van der Waals surface area contributed by atoms with Crippen molar-refractivity contribution in [1.82, 2.24) is 0 Å². The molecular formula is C11H13ClO2. The Hall–Kier alpha value is -1.02. The molecule has 0 aliphatic rings. The summed E-state index contributed by atoms with van der Waals surface area (Å²) in [4.78, 5) is 10.6. The molecule has 0 aliphatic carbocycles. The number of hydrogen-bond acceptors (Lipinski definition) is 2. The van der Waals surface area contributed by atoms with E-state index in [1.807, 2.05) is 20.8 Å². The van der Waals surface area contributed by atoms with E-state index in [0.717, 1.165) is 5.56 Å². The van der Waals surface area contributed by atoms with Crippen LogP contribution in [0.25, 0.3) is 0 Å². The quantitative estimate of drug-likeness (QED) is 0.727. The zero-order valence-electron chi connectivity index (χ0n) is 8.47. The average Bonchev–Trinajstić information content (AvgIpc) is 2.07. The van der Waals surface area contributed by atoms with Crippen LogP contribution in [0.4, 0.5) is 0 Å². The van der Waals surface area contributed by atoms with Gasteiger partial charge < -0.3 is 5.11 Å². The van der Waals surface area contributed by atoms with E-state index in [4.69, 9.17) is 11.6 Å². The summed E-state index contributed by atoms with van der Waals surface area (Å²) < 4.78 is 0. The summed E-state index contributed by atoms with van der Waals surface area (Å²) >= 11 is 5.79. The molecule has 1 N–H and O–H groups in total. The van der Waals surface area contributed by atoms with E-state index in [1.165, 1.54) is 0 Å². The maximum absolute atomic E-state index is 10.6. The lowest BCUT2D eigenvalue weighted by molar-refractivity contribution is 0.112. The van der Waals surface area contributed by atoms with Crippen LogP contribution < -0.4 is 0 Å². The Morgan fingerprint density at radius 2 is 1.93 bits per heavy atom. The lowest BCUT2D eigenvalue weighted by Gasteiger charge is -2.20. The van der Waals surface area contributed by atoms with Crippen LogP contribution in [-0.4, -0.2) is 11.4 Å². The largest absolute Gasteiger partial charge is 0.506 e. The molecule has 0 fully saturated rings. The van der Waals surface area contributed by atoms with E-state index < -0.39 is 0 Å². The molecule has 0 bridgehead atoms. The van der Waals surface area contributed by atoms with Gasteiger partial charge in [0.15, 0.2) is 6.29 Å². The molecule has 0 unspecified atom stereocenters. The van der Waals surface area contributed by atoms with Crippen LogP contribution in [0.2, 0.25) is 5.02 Å². The molecular weight excluding hydrogens is 200 g/mol. The number of benzene rings is 1. The van der Waals surface area contributed by atoms with Crippen molar-refractivity contribution in [3.8, 4) is 5.75 Å². The number of carbonyl (C=O) groups is 1. The number of carbonyl (C=O) groups excluding carboxylic acids is 1. The lowest BCUT2D eigenvalue weighted by Crippen LogP contribution is -2.11. The second kappa shape index (κ2) is 3.62. The molecule has 1 aromatic carbocycles. The number of aldehydes is 1. The van der Waals surface area contributed by atoms with Gasteiger partial charge in [-0.15, -0.1) is 0 Å². The summed E-state index contributed by atoms with van der Waals surface area (Å²) in [6, 6.07) is 3.35. The van der Waals surface area contributed by atoms with Gasteiger partial charge in [0.2, 0.25) is 0 Å². The first-order valence-corrected chi connectivity index (χ1v) is 4.72. The maximum atomic E-state index is 10.6. The highest BCUT2D eigenvalue weighted by atomic mass is 35.5. The minimum absolute atomic E-state index is 0.0882. The normalized spacial score (nSPS) is 11.4. The summed E-state index contributed by atoms with van der Waals surface area (Å²) in [5.41, 5.74) is 1.08. The SMILES string of the molecule is CC(C)(C)c1cc(Cl)c(O)c(C=O)c1. The highest BCUT2D eigenvalue weighted by Gasteiger charge is 2.17. The van der Waals surface area contributed by atoms with E-state index in [0.29, 0.717) is 6.29 Å². The topological polar surface area (TPSA) is 37.3 Å². The van der Waals surface area contributed by atoms with Gasteiger partial charge in [-0.2, -0.15) is 0 Å². The van der Waals surface area contributed by atoms with Gasteiger partial charge in [-0.1, -0.05) is 32.4 Å². The summed E-state index contributed by atoms with van der Waals surface area (Å²) in [5, 5.41) is 9.65. The van der Waals surface area contributed by atoms with Gasteiger partial charge in [-0.05, 0) is 23.1 Å². The Kier molecular flexibility index (Phi) is 2.86. The van der Waals surface area contributed by atoms with E-state index in [2.05, 4.69) is 0 Å². The second-order valence-electron chi connectivity index (χ2n) is 4.26. The van der Waals surface area contributed by atoms with Crippen molar-refractivity contribution in [2.75, 3.05) is 0 Å². The van der Waals surface area contributed by atoms with Gasteiger partial charge in [-0.25, -0.2) is 0 Å². The number of rotatable bonds is 1. The summed E-state index contributed by atoms with van der Waals surface area (Å²) in [6.07, 6.45) is 0.608. The van der Waals surface area contributed by atoms with Crippen LogP contribution in [0.5, 0.6) is 5.75 Å². The third-order valence-corrected chi connectivity index (χ3v) is 2.37. The first-order chi connectivity index (χ1) is 6.36. The highest BCUT2D eigenvalue weighted by molar-refractivity contribution is 6.32. The fourth-order valence-corrected chi connectivity index (χ4v) is 1.37. The maximum Gasteiger partial charge on any atom is 0.153 e. The van der Waals surface area contributed by atoms with Crippen LogP contribution in [0.1, 0.15) is 36.7 Å². The average molecular weight is 213 g/mol. The Morgan fingerprint density at radius 1 is 1.36 bits per heavy atom. The van der Waals surface area contributed by atoms with Crippen molar-refractivity contribution in [1.29, 1.82) is 0 Å². The van der Waals surface area contributed by atoms with Gasteiger partial charge in [0, 0.05) is 0 Å². The number of halogens is 1. The van der Waals surface area contributed by atoms with Crippen molar-refractivity contribution in [2.45, 2.75) is 26.2 Å². The van der Waals surface area contributed by atoms with Crippen LogP contribution in [0.15, 0.2) is 12.1 Å². The van der Waals surface area contributed by atoms with Gasteiger partial charge >= 0.3 is 0 Å². The van der Waals surface area contributed by atoms with Crippen molar-refractivity contribution in [2.24, 2.45) is 0 Å². The Morgan fingerprint density at radius 3 is 2.36 bits per heavy atom. The second-order valence-corrected chi connectivity index (χ2v) is 4.67. The molecule has 1 rings (SSSR count). The monoisotopic (exact) mass is 212 g/mol. The molecule has 0 atom stereocenters. The molecule has 0 aliphatic heterocycles. The number of hydrogen-bond donors (Lipinski definition) is 1. The summed E-state index contributed by atoms with van der Waals surface area (Å²) in [6.45, 7) is 6.05. The molecule has 3 heteroatoms. The fraction of sp³-hybridized carbons (Fsp3) is 0.364. The van der Waals surface area contributed by atoms with Crippen LogP contribution in [0, 0.1) is 0 Å². The third-order valence-electron chi connectivity index (χ3n) is 2.09. The zero-order chi connectivity index (χ0) is 10.9. The van der Waals surface area contributed by atoms with E-state index in [-0.39, 0.29) is 21.8 Å². The Labute approximate surface area is 88.5 Å². The van der Waals surface area contributed by atoms with Crippen molar-refractivity contribution in [3.05, 3.63) is 28.3 Å². The molecule has 0 aromatic heterocycles. The minimum atomic E-state index is -0.144. The van der Waals surface area contributed by atoms with Crippen LogP contribution in [0.3, 0.4) is 0 Å². The minimum Gasteiger partial charge on any atom is -0.506 e. The molecule has 0 saturated heterocycles. The fourth-order valence-electron chi connectivity index (χ4n) is 1.14. The number of phenols is 1. The molecule has 0 heterocycles. The molecule has 76 valence electrons. The smallest absolute Gasteiger partial charge is 0.153 e. The van der Waals surface area contributed by atoms with Gasteiger partial charge in [-0.3, -0.25) is 4.79 Å². The molecule has 2 nitrogen and oxygen atoms in total. The molecule has 0 radical (unpaired) electrons.